The van der Waals surface area contributed by atoms with Gasteiger partial charge in [-0.25, -0.2) is 14.8 Å². The minimum Gasteiger partial charge on any atom is -0.465 e. The highest BCUT2D eigenvalue weighted by molar-refractivity contribution is 6.31. The molecule has 0 aliphatic heterocycles. The van der Waals surface area contributed by atoms with Crippen molar-refractivity contribution in [3.63, 3.8) is 0 Å². The Morgan fingerprint density at radius 2 is 1.82 bits per heavy atom. The van der Waals surface area contributed by atoms with Gasteiger partial charge < -0.3 is 14.6 Å². The summed E-state index contributed by atoms with van der Waals surface area (Å²) in [7, 11) is 1.23. The quantitative estimate of drug-likeness (QED) is 0.334. The number of halogens is 5. The van der Waals surface area contributed by atoms with Crippen molar-refractivity contribution in [3.05, 3.63) is 81.7 Å². The maximum absolute atomic E-state index is 14.1. The monoisotopic (exact) mass is 500 g/mol. The molecule has 174 valence electrons. The van der Waals surface area contributed by atoms with Crippen LogP contribution in [0.4, 0.5) is 13.2 Å². The molecular weight excluding hydrogens is 484 g/mol. The molecule has 0 bridgehead atoms. The van der Waals surface area contributed by atoms with Gasteiger partial charge >= 0.3 is 12.1 Å². The van der Waals surface area contributed by atoms with Crippen molar-refractivity contribution in [2.45, 2.75) is 24.6 Å². The van der Waals surface area contributed by atoms with Crippen LogP contribution in [0.5, 0.6) is 11.6 Å². The first kappa shape index (κ1) is 24.8. The Morgan fingerprint density at radius 1 is 1.09 bits per heavy atom. The molecule has 2 unspecified atom stereocenters. The smallest absolute Gasteiger partial charge is 0.422 e. The van der Waals surface area contributed by atoms with Crippen LogP contribution in [0.15, 0.2) is 54.9 Å². The van der Waals surface area contributed by atoms with Crippen molar-refractivity contribution in [2.24, 2.45) is 0 Å². The van der Waals surface area contributed by atoms with Gasteiger partial charge in [0.15, 0.2) is 5.60 Å². The second kappa shape index (κ2) is 9.54. The fraction of sp³-hybridized carbons (Fsp3) is 0.227. The summed E-state index contributed by atoms with van der Waals surface area (Å²) >= 11 is 12.0. The maximum atomic E-state index is 14.1. The first-order valence-electron chi connectivity index (χ1n) is 9.40. The number of nitrogens with zero attached hydrogens (tertiary/aromatic N) is 2. The molecule has 0 spiro atoms. The molecule has 1 N–H and O–H groups in total. The van der Waals surface area contributed by atoms with Gasteiger partial charge in [-0.15, -0.1) is 0 Å². The number of aromatic nitrogens is 2. The minimum atomic E-state index is -5.07. The predicted molar refractivity (Wildman–Crippen MR) is 115 cm³/mol. The van der Waals surface area contributed by atoms with Crippen LogP contribution in [0, 0.1) is 0 Å². The number of carbonyl (C=O) groups is 1. The molecule has 3 aromatic rings. The van der Waals surface area contributed by atoms with E-state index in [-0.39, 0.29) is 32.9 Å². The van der Waals surface area contributed by atoms with Gasteiger partial charge in [0, 0.05) is 29.4 Å². The van der Waals surface area contributed by atoms with Gasteiger partial charge in [-0.3, -0.25) is 0 Å². The average Bonchev–Trinajstić information content (AvgIpc) is 2.78. The van der Waals surface area contributed by atoms with Crippen LogP contribution >= 0.6 is 23.2 Å². The third-order valence-corrected chi connectivity index (χ3v) is 5.59. The summed E-state index contributed by atoms with van der Waals surface area (Å²) < 4.78 is 52.6. The van der Waals surface area contributed by atoms with Gasteiger partial charge in [-0.1, -0.05) is 30.1 Å². The lowest BCUT2D eigenvalue weighted by molar-refractivity contribution is -0.274. The van der Waals surface area contributed by atoms with E-state index in [1.54, 1.807) is 0 Å². The molecule has 0 aliphatic carbocycles. The summed E-state index contributed by atoms with van der Waals surface area (Å²) in [6.45, 7) is 1.19. The molecule has 0 aliphatic rings. The van der Waals surface area contributed by atoms with E-state index in [1.165, 1.54) is 50.6 Å². The van der Waals surface area contributed by atoms with E-state index in [4.69, 9.17) is 27.9 Å². The van der Waals surface area contributed by atoms with Crippen molar-refractivity contribution >= 4 is 29.2 Å². The first-order valence-corrected chi connectivity index (χ1v) is 10.2. The number of ether oxygens (including phenoxy) is 2. The van der Waals surface area contributed by atoms with Crippen LogP contribution in [-0.2, 0) is 10.3 Å². The summed E-state index contributed by atoms with van der Waals surface area (Å²) in [5, 5.41) is 10.7. The second-order valence-electron chi connectivity index (χ2n) is 7.02. The highest BCUT2D eigenvalue weighted by atomic mass is 35.5. The molecule has 0 amide bonds. The molecule has 0 radical (unpaired) electrons. The molecule has 6 nitrogen and oxygen atoms in total. The number of benzene rings is 1. The van der Waals surface area contributed by atoms with E-state index in [0.29, 0.717) is 0 Å². The molecule has 0 saturated carbocycles. The molecule has 1 aromatic carbocycles. The molecule has 3 rings (SSSR count). The summed E-state index contributed by atoms with van der Waals surface area (Å²) in [6, 6.07) is 8.87. The Balaban J connectivity index is 1.98. The van der Waals surface area contributed by atoms with Gasteiger partial charge in [-0.05, 0) is 47.5 Å². The molecule has 11 heteroatoms. The number of alkyl halides is 3. The molecular formula is C22H17Cl2F3N2O4. The van der Waals surface area contributed by atoms with Gasteiger partial charge in [0.2, 0.25) is 5.88 Å². The lowest BCUT2D eigenvalue weighted by Crippen LogP contribution is -2.46. The number of carbonyl (C=O) groups excluding carboxylic acids is 1. The zero-order valence-corrected chi connectivity index (χ0v) is 18.7. The van der Waals surface area contributed by atoms with Crippen molar-refractivity contribution < 1.29 is 32.5 Å². The van der Waals surface area contributed by atoms with Crippen LogP contribution in [0.2, 0.25) is 10.2 Å². The molecule has 33 heavy (non-hydrogen) atoms. The topological polar surface area (TPSA) is 81.5 Å². The number of aliphatic hydroxyl groups is 1. The molecule has 2 heterocycles. The fourth-order valence-corrected chi connectivity index (χ4v) is 3.70. The van der Waals surface area contributed by atoms with Crippen LogP contribution in [0.1, 0.15) is 34.3 Å². The number of esters is 1. The number of rotatable bonds is 6. The second-order valence-corrected chi connectivity index (χ2v) is 7.81. The summed E-state index contributed by atoms with van der Waals surface area (Å²) in [5.41, 5.74) is -3.62. The lowest BCUT2D eigenvalue weighted by atomic mass is 9.78. The van der Waals surface area contributed by atoms with E-state index in [0.717, 1.165) is 18.3 Å². The van der Waals surface area contributed by atoms with Crippen LogP contribution in [-0.4, -0.2) is 34.3 Å². The van der Waals surface area contributed by atoms with E-state index >= 15 is 0 Å². The molecule has 2 atom stereocenters. The zero-order chi connectivity index (χ0) is 24.4. The predicted octanol–water partition coefficient (Wildman–Crippen LogP) is 5.92. The van der Waals surface area contributed by atoms with Crippen molar-refractivity contribution in [1.82, 2.24) is 9.97 Å². The Kier molecular flexibility index (Phi) is 7.16. The molecule has 0 saturated heterocycles. The highest BCUT2D eigenvalue weighted by Gasteiger charge is 2.59. The largest absolute Gasteiger partial charge is 0.465 e. The zero-order valence-electron chi connectivity index (χ0n) is 17.2. The third kappa shape index (κ3) is 5.05. The number of pyridine rings is 2. The Morgan fingerprint density at radius 3 is 2.39 bits per heavy atom. The van der Waals surface area contributed by atoms with Crippen LogP contribution in [0.3, 0.4) is 0 Å². The van der Waals surface area contributed by atoms with E-state index in [9.17, 15) is 23.1 Å². The normalized spacial score (nSPS) is 14.3. The Labute approximate surface area is 196 Å². The Bertz CT molecular complexity index is 1160. The number of hydrogen-bond acceptors (Lipinski definition) is 6. The van der Waals surface area contributed by atoms with Gasteiger partial charge in [0.05, 0.1) is 12.7 Å². The molecule has 0 fully saturated rings. The summed E-state index contributed by atoms with van der Waals surface area (Å²) in [4.78, 5) is 19.2. The molecule has 2 aromatic heterocycles. The van der Waals surface area contributed by atoms with Gasteiger partial charge in [0.25, 0.3) is 0 Å². The number of methoxy groups -OCH3 is 1. The SMILES string of the molecule is COC(=O)c1ccc(Oc2ccc(Cl)c(C(C)C(O)(c3ccnc(Cl)c3)C(F)(F)F)c2)nc1. The summed E-state index contributed by atoms with van der Waals surface area (Å²) in [6.07, 6.45) is -2.76. The highest BCUT2D eigenvalue weighted by Crippen LogP contribution is 2.50. The van der Waals surface area contributed by atoms with Crippen molar-refractivity contribution in [1.29, 1.82) is 0 Å². The van der Waals surface area contributed by atoms with Crippen LogP contribution < -0.4 is 4.74 Å². The number of hydrogen-bond donors (Lipinski definition) is 1. The Hall–Kier alpha value is -2.88. The fourth-order valence-electron chi connectivity index (χ4n) is 3.24. The standard InChI is InChI=1S/C22H17Cl2F3N2O4/c1-12(21(31,22(25,26)27)14-7-8-28-18(24)9-14)16-10-15(4-5-17(16)23)33-19-6-3-13(11-29-19)20(30)32-2/h3-12,31H,1-2H3. The minimum absolute atomic E-state index is 0.00771. The summed E-state index contributed by atoms with van der Waals surface area (Å²) in [5.74, 6) is -1.94. The van der Waals surface area contributed by atoms with E-state index < -0.39 is 29.2 Å². The van der Waals surface area contributed by atoms with E-state index in [2.05, 4.69) is 14.7 Å². The van der Waals surface area contributed by atoms with E-state index in [1.807, 2.05) is 0 Å². The van der Waals surface area contributed by atoms with Gasteiger partial charge in [-0.2, -0.15) is 13.2 Å². The maximum Gasteiger partial charge on any atom is 0.422 e. The van der Waals surface area contributed by atoms with Crippen LogP contribution in [0.25, 0.3) is 0 Å². The average molecular weight is 501 g/mol. The van der Waals surface area contributed by atoms with Gasteiger partial charge in [0.1, 0.15) is 10.9 Å². The van der Waals surface area contributed by atoms with Crippen molar-refractivity contribution in [2.75, 3.05) is 7.11 Å². The first-order chi connectivity index (χ1) is 15.5. The third-order valence-electron chi connectivity index (χ3n) is 5.04. The lowest BCUT2D eigenvalue weighted by Gasteiger charge is -2.37. The van der Waals surface area contributed by atoms with Crippen molar-refractivity contribution in [3.8, 4) is 11.6 Å².